The third-order valence-corrected chi connectivity index (χ3v) is 4.97. The Labute approximate surface area is 158 Å². The second-order valence-corrected chi connectivity index (χ2v) is 7.04. The minimum absolute atomic E-state index is 0.0197. The lowest BCUT2D eigenvalue weighted by Gasteiger charge is -2.35. The summed E-state index contributed by atoms with van der Waals surface area (Å²) in [5.41, 5.74) is 2.90. The third kappa shape index (κ3) is 3.89. The summed E-state index contributed by atoms with van der Waals surface area (Å²) in [6, 6.07) is 0. The topological polar surface area (TPSA) is 89.3 Å². The molecule has 1 N–H and O–H groups in total. The van der Waals surface area contributed by atoms with E-state index in [1.54, 1.807) is 17.8 Å². The Morgan fingerprint density at radius 1 is 1.41 bits per heavy atom. The third-order valence-electron chi connectivity index (χ3n) is 4.97. The molecular weight excluding hydrogens is 346 g/mol. The molecule has 1 aliphatic heterocycles. The van der Waals surface area contributed by atoms with Crippen LogP contribution in [0.25, 0.3) is 11.0 Å². The summed E-state index contributed by atoms with van der Waals surface area (Å²) in [6.45, 7) is 7.82. The van der Waals surface area contributed by atoms with E-state index in [4.69, 9.17) is 4.74 Å². The van der Waals surface area contributed by atoms with Crippen LogP contribution < -0.4 is 10.2 Å². The van der Waals surface area contributed by atoms with Crippen LogP contribution in [0.1, 0.15) is 42.7 Å². The number of pyridine rings is 1. The van der Waals surface area contributed by atoms with E-state index in [9.17, 15) is 9.59 Å². The van der Waals surface area contributed by atoms with Crippen molar-refractivity contribution in [1.82, 2.24) is 20.1 Å². The SMILES string of the molecule is CCOC(=O)c1cnc2c(c(C)nn2C)c1N1CCCC(CNC(C)=O)C1. The molecule has 0 saturated carbocycles. The van der Waals surface area contributed by atoms with Crippen LogP contribution in [-0.4, -0.2) is 52.9 Å². The number of nitrogens with one attached hydrogen (secondary N) is 1. The Kier molecular flexibility index (Phi) is 5.62. The number of aryl methyl sites for hydroxylation is 2. The first-order chi connectivity index (χ1) is 12.9. The number of fused-ring (bicyclic) bond motifs is 1. The number of aromatic nitrogens is 3. The average molecular weight is 373 g/mol. The van der Waals surface area contributed by atoms with Crippen molar-refractivity contribution in [3.8, 4) is 0 Å². The molecule has 1 fully saturated rings. The summed E-state index contributed by atoms with van der Waals surface area (Å²) in [5.74, 6) is -0.0548. The van der Waals surface area contributed by atoms with Crippen LogP contribution >= 0.6 is 0 Å². The van der Waals surface area contributed by atoms with Gasteiger partial charge in [0.05, 0.1) is 23.4 Å². The van der Waals surface area contributed by atoms with Gasteiger partial charge in [-0.05, 0) is 32.6 Å². The van der Waals surface area contributed by atoms with Crippen LogP contribution in [0.3, 0.4) is 0 Å². The van der Waals surface area contributed by atoms with Gasteiger partial charge in [0, 0.05) is 39.8 Å². The molecule has 0 aromatic carbocycles. The largest absolute Gasteiger partial charge is 0.462 e. The lowest BCUT2D eigenvalue weighted by atomic mass is 9.96. The molecule has 1 atom stereocenters. The van der Waals surface area contributed by atoms with Crippen LogP contribution in [0.4, 0.5) is 5.69 Å². The van der Waals surface area contributed by atoms with Crippen molar-refractivity contribution in [2.45, 2.75) is 33.6 Å². The van der Waals surface area contributed by atoms with Crippen molar-refractivity contribution in [3.63, 3.8) is 0 Å². The molecule has 1 amide bonds. The Bertz CT molecular complexity index is 861. The first kappa shape index (κ1) is 19.1. The van der Waals surface area contributed by atoms with Gasteiger partial charge < -0.3 is 15.0 Å². The smallest absolute Gasteiger partial charge is 0.341 e. The van der Waals surface area contributed by atoms with Crippen LogP contribution in [0.15, 0.2) is 6.20 Å². The summed E-state index contributed by atoms with van der Waals surface area (Å²) >= 11 is 0. The van der Waals surface area contributed by atoms with E-state index in [2.05, 4.69) is 20.3 Å². The van der Waals surface area contributed by atoms with Gasteiger partial charge in [0.25, 0.3) is 0 Å². The lowest BCUT2D eigenvalue weighted by Crippen LogP contribution is -2.41. The van der Waals surface area contributed by atoms with E-state index >= 15 is 0 Å². The van der Waals surface area contributed by atoms with Crippen molar-refractivity contribution < 1.29 is 14.3 Å². The number of carbonyl (C=O) groups is 2. The quantitative estimate of drug-likeness (QED) is 0.804. The number of amides is 1. The van der Waals surface area contributed by atoms with Crippen molar-refractivity contribution in [2.75, 3.05) is 31.1 Å². The van der Waals surface area contributed by atoms with Crippen molar-refractivity contribution in [2.24, 2.45) is 13.0 Å². The lowest BCUT2D eigenvalue weighted by molar-refractivity contribution is -0.119. The predicted molar refractivity (Wildman–Crippen MR) is 103 cm³/mol. The summed E-state index contributed by atoms with van der Waals surface area (Å²) in [6.07, 6.45) is 3.63. The minimum Gasteiger partial charge on any atom is -0.462 e. The molecule has 2 aromatic heterocycles. The molecule has 1 unspecified atom stereocenters. The molecule has 3 rings (SSSR count). The summed E-state index contributed by atoms with van der Waals surface area (Å²) in [4.78, 5) is 30.5. The number of piperidine rings is 1. The van der Waals surface area contributed by atoms with Gasteiger partial charge in [-0.3, -0.25) is 9.48 Å². The maximum absolute atomic E-state index is 12.6. The summed E-state index contributed by atoms with van der Waals surface area (Å²) in [5, 5.41) is 8.29. The zero-order valence-corrected chi connectivity index (χ0v) is 16.4. The van der Waals surface area contributed by atoms with Gasteiger partial charge in [-0.2, -0.15) is 5.10 Å². The van der Waals surface area contributed by atoms with E-state index in [0.717, 1.165) is 48.3 Å². The highest BCUT2D eigenvalue weighted by Crippen LogP contribution is 2.34. The molecule has 3 heterocycles. The summed E-state index contributed by atoms with van der Waals surface area (Å²) < 4.78 is 7.01. The molecule has 0 spiro atoms. The van der Waals surface area contributed by atoms with Crippen LogP contribution in [-0.2, 0) is 16.6 Å². The predicted octanol–water partition coefficient (Wildman–Crippen LogP) is 1.81. The number of hydrogen-bond acceptors (Lipinski definition) is 6. The van der Waals surface area contributed by atoms with Gasteiger partial charge in [-0.25, -0.2) is 9.78 Å². The van der Waals surface area contributed by atoms with E-state index in [-0.39, 0.29) is 11.9 Å². The second kappa shape index (κ2) is 7.94. The minimum atomic E-state index is -0.367. The Morgan fingerprint density at radius 3 is 2.89 bits per heavy atom. The number of esters is 1. The molecule has 8 heteroatoms. The normalized spacial score (nSPS) is 17.2. The Morgan fingerprint density at radius 2 is 2.19 bits per heavy atom. The molecule has 8 nitrogen and oxygen atoms in total. The van der Waals surface area contributed by atoms with Gasteiger partial charge in [0.2, 0.25) is 5.91 Å². The van der Waals surface area contributed by atoms with Crippen LogP contribution in [0.5, 0.6) is 0 Å². The van der Waals surface area contributed by atoms with E-state index in [1.165, 1.54) is 6.92 Å². The zero-order chi connectivity index (χ0) is 19.6. The maximum Gasteiger partial charge on any atom is 0.341 e. The molecule has 146 valence electrons. The number of rotatable bonds is 5. The van der Waals surface area contributed by atoms with Gasteiger partial charge in [-0.1, -0.05) is 0 Å². The van der Waals surface area contributed by atoms with E-state index in [0.29, 0.717) is 24.6 Å². The highest BCUT2D eigenvalue weighted by Gasteiger charge is 2.28. The first-order valence-electron chi connectivity index (χ1n) is 9.41. The van der Waals surface area contributed by atoms with E-state index < -0.39 is 0 Å². The highest BCUT2D eigenvalue weighted by atomic mass is 16.5. The number of anilines is 1. The zero-order valence-electron chi connectivity index (χ0n) is 16.4. The molecule has 1 saturated heterocycles. The monoisotopic (exact) mass is 373 g/mol. The van der Waals surface area contributed by atoms with E-state index in [1.807, 2.05) is 14.0 Å². The van der Waals surface area contributed by atoms with Gasteiger partial charge in [-0.15, -0.1) is 0 Å². The van der Waals surface area contributed by atoms with Crippen molar-refractivity contribution in [1.29, 1.82) is 0 Å². The Balaban J connectivity index is 2.03. The molecule has 27 heavy (non-hydrogen) atoms. The molecule has 0 aliphatic carbocycles. The standard InChI is InChI=1S/C19H27N5O3/c1-5-27-19(26)15-10-21-18-16(12(2)22-23(18)4)17(15)24-8-6-7-14(11-24)9-20-13(3)25/h10,14H,5-9,11H2,1-4H3,(H,20,25). The first-order valence-corrected chi connectivity index (χ1v) is 9.41. The fourth-order valence-electron chi connectivity index (χ4n) is 3.80. The second-order valence-electron chi connectivity index (χ2n) is 7.04. The fraction of sp³-hybridized carbons (Fsp3) is 0.579. The number of carbonyl (C=O) groups excluding carboxylic acids is 2. The molecular formula is C19H27N5O3. The fourth-order valence-corrected chi connectivity index (χ4v) is 3.80. The summed E-state index contributed by atoms with van der Waals surface area (Å²) in [7, 11) is 1.85. The number of ether oxygens (including phenoxy) is 1. The maximum atomic E-state index is 12.6. The van der Waals surface area contributed by atoms with Crippen molar-refractivity contribution in [3.05, 3.63) is 17.5 Å². The van der Waals surface area contributed by atoms with Crippen LogP contribution in [0, 0.1) is 12.8 Å². The molecule has 0 bridgehead atoms. The van der Waals surface area contributed by atoms with Gasteiger partial charge >= 0.3 is 5.97 Å². The van der Waals surface area contributed by atoms with Crippen molar-refractivity contribution >= 4 is 28.6 Å². The molecule has 1 aliphatic rings. The average Bonchev–Trinajstić information content (AvgIpc) is 2.94. The molecule has 2 aromatic rings. The van der Waals surface area contributed by atoms with Crippen LogP contribution in [0.2, 0.25) is 0 Å². The number of hydrogen-bond donors (Lipinski definition) is 1. The highest BCUT2D eigenvalue weighted by molar-refractivity contribution is 6.05. The van der Waals surface area contributed by atoms with Gasteiger partial charge in [0.1, 0.15) is 5.56 Å². The molecule has 0 radical (unpaired) electrons. The van der Waals surface area contributed by atoms with Gasteiger partial charge in [0.15, 0.2) is 5.65 Å². The Hall–Kier alpha value is -2.64. The number of nitrogens with zero attached hydrogens (tertiary/aromatic N) is 4.